The first kappa shape index (κ1) is 14.3. The smallest absolute Gasteiger partial charge is 0.119 e. The molecule has 19 heavy (non-hydrogen) atoms. The molecule has 0 aliphatic rings. The lowest BCUT2D eigenvalue weighted by molar-refractivity contribution is 0.104. The van der Waals surface area contributed by atoms with Crippen LogP contribution in [-0.2, 0) is 11.2 Å². The first-order chi connectivity index (χ1) is 9.40. The van der Waals surface area contributed by atoms with Gasteiger partial charge in [0.1, 0.15) is 18.5 Å². The molecule has 0 aromatic heterocycles. The van der Waals surface area contributed by atoms with Gasteiger partial charge in [-0.2, -0.15) is 0 Å². The van der Waals surface area contributed by atoms with Crippen LogP contribution in [0.1, 0.15) is 20.8 Å². The standard InChI is InChI=1S/C15H25NO3/c1-12(2)16-10-14(17)11-19-15-6-4-13(5-7-15)8-9-18-3/h4-7,12,14,16-17H,8-11H2,1-3H3/i12D. The Hall–Kier alpha value is -1.10. The van der Waals surface area contributed by atoms with E-state index in [9.17, 15) is 5.11 Å². The van der Waals surface area contributed by atoms with Crippen molar-refractivity contribution >= 4 is 0 Å². The van der Waals surface area contributed by atoms with Crippen molar-refractivity contribution in [1.29, 1.82) is 0 Å². The van der Waals surface area contributed by atoms with Crippen molar-refractivity contribution in [2.24, 2.45) is 0 Å². The van der Waals surface area contributed by atoms with Gasteiger partial charge in [0, 0.05) is 21.0 Å². The van der Waals surface area contributed by atoms with Gasteiger partial charge in [0.25, 0.3) is 0 Å². The summed E-state index contributed by atoms with van der Waals surface area (Å²) in [5, 5.41) is 12.7. The van der Waals surface area contributed by atoms with Gasteiger partial charge in [0.2, 0.25) is 0 Å². The number of benzene rings is 1. The number of aliphatic hydroxyl groups is 1. The number of ether oxygens (including phenoxy) is 2. The van der Waals surface area contributed by atoms with Crippen molar-refractivity contribution < 1.29 is 16.0 Å². The lowest BCUT2D eigenvalue weighted by Crippen LogP contribution is -2.35. The average Bonchev–Trinajstić information content (AvgIpc) is 2.41. The minimum absolute atomic E-state index is 0.209. The molecule has 4 nitrogen and oxygen atoms in total. The van der Waals surface area contributed by atoms with E-state index in [2.05, 4.69) is 5.32 Å². The summed E-state index contributed by atoms with van der Waals surface area (Å²) in [6.07, 6.45) is 0.245. The van der Waals surface area contributed by atoms with Crippen LogP contribution >= 0.6 is 0 Å². The topological polar surface area (TPSA) is 50.7 Å². The number of hydrogen-bond donors (Lipinski definition) is 2. The van der Waals surface area contributed by atoms with Crippen molar-refractivity contribution in [3.63, 3.8) is 0 Å². The Morgan fingerprint density at radius 3 is 2.58 bits per heavy atom. The summed E-state index contributed by atoms with van der Waals surface area (Å²) >= 11 is 0. The first-order valence-electron chi connectivity index (χ1n) is 7.04. The summed E-state index contributed by atoms with van der Waals surface area (Å²) in [5.74, 6) is 0.732. The molecule has 4 heteroatoms. The van der Waals surface area contributed by atoms with Crippen molar-refractivity contribution in [2.45, 2.75) is 32.4 Å². The molecule has 0 amide bonds. The second-order valence-corrected chi connectivity index (χ2v) is 4.73. The van der Waals surface area contributed by atoms with Crippen LogP contribution in [0.25, 0.3) is 0 Å². The zero-order chi connectivity index (χ0) is 15.0. The number of methoxy groups -OCH3 is 1. The van der Waals surface area contributed by atoms with E-state index in [0.29, 0.717) is 13.2 Å². The molecule has 1 atom stereocenters. The number of rotatable bonds is 9. The van der Waals surface area contributed by atoms with Crippen molar-refractivity contribution in [1.82, 2.24) is 5.32 Å². The zero-order valence-electron chi connectivity index (χ0n) is 13.0. The van der Waals surface area contributed by atoms with Gasteiger partial charge in [-0.25, -0.2) is 0 Å². The zero-order valence-corrected chi connectivity index (χ0v) is 12.0. The summed E-state index contributed by atoms with van der Waals surface area (Å²) in [6.45, 7) is 4.72. The fraction of sp³-hybridized carbons (Fsp3) is 0.600. The third kappa shape index (κ3) is 7.15. The average molecular weight is 268 g/mol. The van der Waals surface area contributed by atoms with Gasteiger partial charge in [-0.05, 0) is 24.1 Å². The van der Waals surface area contributed by atoms with E-state index in [1.54, 1.807) is 21.0 Å². The van der Waals surface area contributed by atoms with E-state index in [4.69, 9.17) is 10.8 Å². The molecule has 0 aliphatic heterocycles. The molecule has 0 bridgehead atoms. The Bertz CT molecular complexity index is 376. The number of aliphatic hydroxyl groups excluding tert-OH is 1. The van der Waals surface area contributed by atoms with Gasteiger partial charge in [-0.3, -0.25) is 0 Å². The molecule has 0 aliphatic carbocycles. The van der Waals surface area contributed by atoms with Crippen LogP contribution in [-0.4, -0.2) is 44.1 Å². The molecule has 1 unspecified atom stereocenters. The molecule has 2 N–H and O–H groups in total. The third-order valence-corrected chi connectivity index (χ3v) is 2.65. The van der Waals surface area contributed by atoms with Crippen LogP contribution in [0.3, 0.4) is 0 Å². The van der Waals surface area contributed by atoms with Crippen LogP contribution in [0, 0.1) is 0 Å². The molecule has 0 heterocycles. The molecule has 1 rings (SSSR count). The molecule has 1 aromatic rings. The highest BCUT2D eigenvalue weighted by Gasteiger charge is 2.05. The maximum atomic E-state index is 9.76. The van der Waals surface area contributed by atoms with E-state index >= 15 is 0 Å². The van der Waals surface area contributed by atoms with Crippen molar-refractivity contribution in [3.8, 4) is 5.75 Å². The van der Waals surface area contributed by atoms with Crippen LogP contribution < -0.4 is 10.1 Å². The Kier molecular flexibility index (Phi) is 6.71. The second-order valence-electron chi connectivity index (χ2n) is 4.73. The van der Waals surface area contributed by atoms with Crippen molar-refractivity contribution in [3.05, 3.63) is 29.8 Å². The minimum Gasteiger partial charge on any atom is -0.491 e. The summed E-state index contributed by atoms with van der Waals surface area (Å²) in [5.41, 5.74) is 1.19. The Morgan fingerprint density at radius 1 is 1.32 bits per heavy atom. The highest BCUT2D eigenvalue weighted by Crippen LogP contribution is 2.12. The summed E-state index contributed by atoms with van der Waals surface area (Å²) in [4.78, 5) is 0. The van der Waals surface area contributed by atoms with Gasteiger partial charge in [-0.15, -0.1) is 0 Å². The molecule has 0 saturated carbocycles. The second kappa shape index (κ2) is 8.91. The van der Waals surface area contributed by atoms with E-state index in [1.165, 1.54) is 5.56 Å². The monoisotopic (exact) mass is 268 g/mol. The van der Waals surface area contributed by atoms with Crippen LogP contribution in [0.5, 0.6) is 5.75 Å². The Morgan fingerprint density at radius 2 is 2.00 bits per heavy atom. The number of hydrogen-bond acceptors (Lipinski definition) is 4. The molecular weight excluding hydrogens is 242 g/mol. The lowest BCUT2D eigenvalue weighted by Gasteiger charge is -2.15. The summed E-state index contributed by atoms with van der Waals surface area (Å²) < 4.78 is 18.2. The van der Waals surface area contributed by atoms with Crippen molar-refractivity contribution in [2.75, 3.05) is 26.9 Å². The minimum atomic E-state index is -0.746. The largest absolute Gasteiger partial charge is 0.491 e. The van der Waals surface area contributed by atoms with Gasteiger partial charge >= 0.3 is 0 Å². The summed E-state index contributed by atoms with van der Waals surface area (Å²) in [7, 11) is 1.69. The van der Waals surface area contributed by atoms with E-state index in [0.717, 1.165) is 12.2 Å². The van der Waals surface area contributed by atoms with Gasteiger partial charge < -0.3 is 19.9 Å². The Balaban J connectivity index is 2.30. The molecular formula is C15H25NO3. The third-order valence-electron chi connectivity index (χ3n) is 2.65. The summed E-state index contributed by atoms with van der Waals surface area (Å²) in [6, 6.07) is 7.01. The number of nitrogens with one attached hydrogen (secondary N) is 1. The van der Waals surface area contributed by atoms with Gasteiger partial charge in [0.05, 0.1) is 6.61 Å². The molecule has 0 spiro atoms. The SMILES string of the molecule is [2H]C(C)(C)NCC(O)COc1ccc(CCOC)cc1. The fourth-order valence-electron chi connectivity index (χ4n) is 1.55. The quantitative estimate of drug-likeness (QED) is 0.714. The van der Waals surface area contributed by atoms with Crippen LogP contribution in [0.2, 0.25) is 0 Å². The first-order valence-corrected chi connectivity index (χ1v) is 6.54. The van der Waals surface area contributed by atoms with Crippen LogP contribution in [0.15, 0.2) is 24.3 Å². The maximum Gasteiger partial charge on any atom is 0.119 e. The molecule has 0 saturated heterocycles. The highest BCUT2D eigenvalue weighted by atomic mass is 16.5. The van der Waals surface area contributed by atoms with Crippen LogP contribution in [0.4, 0.5) is 0 Å². The highest BCUT2D eigenvalue weighted by molar-refractivity contribution is 5.27. The van der Waals surface area contributed by atoms with E-state index in [1.807, 2.05) is 24.3 Å². The molecule has 0 fully saturated rings. The van der Waals surface area contributed by atoms with E-state index < -0.39 is 12.1 Å². The molecule has 0 radical (unpaired) electrons. The maximum absolute atomic E-state index is 9.76. The van der Waals surface area contributed by atoms with Gasteiger partial charge in [0.15, 0.2) is 0 Å². The lowest BCUT2D eigenvalue weighted by atomic mass is 10.1. The fourth-order valence-corrected chi connectivity index (χ4v) is 1.55. The van der Waals surface area contributed by atoms with E-state index in [-0.39, 0.29) is 6.61 Å². The van der Waals surface area contributed by atoms with Gasteiger partial charge in [-0.1, -0.05) is 26.0 Å². The predicted molar refractivity (Wildman–Crippen MR) is 76.7 cm³/mol. The predicted octanol–water partition coefficient (Wildman–Crippen LogP) is 1.61. The Labute approximate surface area is 117 Å². The normalized spacial score (nSPS) is 14.0. The molecule has 1 aromatic carbocycles. The molecule has 108 valence electrons.